The van der Waals surface area contributed by atoms with Gasteiger partial charge in [-0.05, 0) is 25.7 Å². The number of rotatable bonds is 0. The Morgan fingerprint density at radius 1 is 0.500 bits per heavy atom. The fourth-order valence-electron chi connectivity index (χ4n) is 0.970. The summed E-state index contributed by atoms with van der Waals surface area (Å²) in [5, 5.41) is 0. The van der Waals surface area contributed by atoms with Crippen molar-refractivity contribution in [1.82, 2.24) is 0 Å². The summed E-state index contributed by atoms with van der Waals surface area (Å²) in [4.78, 5) is 0. The molecule has 10 heavy (non-hydrogen) atoms. The Hall–Kier alpha value is -0.780. The largest absolute Gasteiger partial charge is 0.0882 e. The van der Waals surface area contributed by atoms with Gasteiger partial charge in [-0.15, -0.1) is 0 Å². The molecule has 0 nitrogen and oxygen atoms in total. The molecule has 0 unspecified atom stereocenters. The maximum atomic E-state index is 2.27. The second-order valence-corrected chi connectivity index (χ2v) is 2.48. The summed E-state index contributed by atoms with van der Waals surface area (Å²) in [6, 6.07) is 0. The van der Waals surface area contributed by atoms with Gasteiger partial charge in [-0.2, -0.15) is 0 Å². The van der Waals surface area contributed by atoms with Crippen LogP contribution in [0.4, 0.5) is 0 Å². The van der Waals surface area contributed by atoms with Crippen molar-refractivity contribution in [2.75, 3.05) is 0 Å². The summed E-state index contributed by atoms with van der Waals surface area (Å²) < 4.78 is 0. The fraction of sp³-hybridized carbons (Fsp3) is 0.400. The van der Waals surface area contributed by atoms with E-state index in [2.05, 4.69) is 36.5 Å². The average Bonchev–Trinajstić information content (AvgIpc) is 2.01. The molecule has 0 radical (unpaired) electrons. The minimum atomic E-state index is 1.18. The van der Waals surface area contributed by atoms with Gasteiger partial charge in [0.2, 0.25) is 0 Å². The van der Waals surface area contributed by atoms with Gasteiger partial charge in [-0.3, -0.25) is 0 Å². The quantitative estimate of drug-likeness (QED) is 0.446. The summed E-state index contributed by atoms with van der Waals surface area (Å²) in [5.74, 6) is 0. The Kier molecular flexibility index (Phi) is 3.69. The molecule has 0 atom stereocenters. The molecule has 0 spiro atoms. The summed E-state index contributed by atoms with van der Waals surface area (Å²) in [5.41, 5.74) is 0. The van der Waals surface area contributed by atoms with E-state index in [1.165, 1.54) is 25.7 Å². The minimum Gasteiger partial charge on any atom is -0.0882 e. The Labute approximate surface area is 62.9 Å². The third-order valence-electron chi connectivity index (χ3n) is 1.55. The second kappa shape index (κ2) is 5.04. The molecule has 0 fully saturated rings. The molecule has 0 heterocycles. The summed E-state index contributed by atoms with van der Waals surface area (Å²) in [7, 11) is 0. The highest BCUT2D eigenvalue weighted by molar-refractivity contribution is 5.04. The first-order valence-corrected chi connectivity index (χ1v) is 3.97. The van der Waals surface area contributed by atoms with Crippen LogP contribution in [0.5, 0.6) is 0 Å². The Balaban J connectivity index is 2.38. The van der Waals surface area contributed by atoms with Crippen LogP contribution in [0.15, 0.2) is 36.5 Å². The molecule has 0 aromatic carbocycles. The molecule has 1 aliphatic rings. The van der Waals surface area contributed by atoms with Crippen LogP contribution in [0.25, 0.3) is 0 Å². The number of hydrogen-bond donors (Lipinski definition) is 0. The number of hydrogen-bond acceptors (Lipinski definition) is 0. The van der Waals surface area contributed by atoms with Crippen molar-refractivity contribution in [1.29, 1.82) is 0 Å². The van der Waals surface area contributed by atoms with Crippen molar-refractivity contribution in [2.24, 2.45) is 0 Å². The summed E-state index contributed by atoms with van der Waals surface area (Å²) in [6.45, 7) is 0. The minimum absolute atomic E-state index is 1.18. The first kappa shape index (κ1) is 7.33. The molecule has 0 amide bonds. The second-order valence-electron chi connectivity index (χ2n) is 2.48. The van der Waals surface area contributed by atoms with Crippen molar-refractivity contribution in [3.63, 3.8) is 0 Å². The van der Waals surface area contributed by atoms with Crippen LogP contribution in [0.2, 0.25) is 0 Å². The predicted molar refractivity (Wildman–Crippen MR) is 45.9 cm³/mol. The van der Waals surface area contributed by atoms with Crippen LogP contribution in [-0.4, -0.2) is 0 Å². The Morgan fingerprint density at radius 2 is 0.900 bits per heavy atom. The highest BCUT2D eigenvalue weighted by Crippen LogP contribution is 2.00. The molecule has 0 bridgehead atoms. The van der Waals surface area contributed by atoms with Crippen LogP contribution in [0.3, 0.4) is 0 Å². The monoisotopic (exact) mass is 134 g/mol. The van der Waals surface area contributed by atoms with Crippen LogP contribution < -0.4 is 0 Å². The zero-order chi connectivity index (χ0) is 7.07. The van der Waals surface area contributed by atoms with Gasteiger partial charge >= 0.3 is 0 Å². The van der Waals surface area contributed by atoms with Crippen LogP contribution in [-0.2, 0) is 0 Å². The molecule has 0 aliphatic heterocycles. The third kappa shape index (κ3) is 3.29. The van der Waals surface area contributed by atoms with E-state index >= 15 is 0 Å². The fourth-order valence-corrected chi connectivity index (χ4v) is 0.970. The van der Waals surface area contributed by atoms with E-state index < -0.39 is 0 Å². The van der Waals surface area contributed by atoms with Crippen LogP contribution >= 0.6 is 0 Å². The molecule has 0 aromatic heterocycles. The van der Waals surface area contributed by atoms with Gasteiger partial charge < -0.3 is 0 Å². The van der Waals surface area contributed by atoms with E-state index in [1.54, 1.807) is 0 Å². The predicted octanol–water partition coefficient (Wildman–Crippen LogP) is 3.23. The normalized spacial score (nSPS) is 19.2. The lowest BCUT2D eigenvalue weighted by atomic mass is 10.2. The van der Waals surface area contributed by atoms with Crippen molar-refractivity contribution < 1.29 is 0 Å². The molecule has 0 saturated carbocycles. The topological polar surface area (TPSA) is 0 Å². The first-order chi connectivity index (χ1) is 5.00. The highest BCUT2D eigenvalue weighted by Gasteiger charge is 1.79. The van der Waals surface area contributed by atoms with Crippen molar-refractivity contribution in [2.45, 2.75) is 25.7 Å². The van der Waals surface area contributed by atoms with E-state index in [0.717, 1.165) is 0 Å². The maximum absolute atomic E-state index is 2.27. The van der Waals surface area contributed by atoms with Gasteiger partial charge in [0.1, 0.15) is 0 Å². The van der Waals surface area contributed by atoms with Crippen molar-refractivity contribution in [3.8, 4) is 0 Å². The molecule has 0 heteroatoms. The zero-order valence-corrected chi connectivity index (χ0v) is 6.29. The molecular weight excluding hydrogens is 120 g/mol. The van der Waals surface area contributed by atoms with Gasteiger partial charge in [0.25, 0.3) is 0 Å². The van der Waals surface area contributed by atoms with Gasteiger partial charge in [0.05, 0.1) is 0 Å². The van der Waals surface area contributed by atoms with E-state index in [1.807, 2.05) is 0 Å². The van der Waals surface area contributed by atoms with Gasteiger partial charge in [0.15, 0.2) is 0 Å². The zero-order valence-electron chi connectivity index (χ0n) is 6.29. The standard InChI is InChI=1S/C10H14/c1-2-4-6-8-10-9-7-5-3-1/h1-4,9-10H,5-8H2. The Morgan fingerprint density at radius 3 is 1.40 bits per heavy atom. The molecular formula is C10H14. The molecule has 0 aromatic rings. The van der Waals surface area contributed by atoms with Crippen molar-refractivity contribution >= 4 is 0 Å². The molecule has 1 aliphatic carbocycles. The lowest BCUT2D eigenvalue weighted by Crippen LogP contribution is -1.69. The molecule has 0 N–H and O–H groups in total. The lowest BCUT2D eigenvalue weighted by Gasteiger charge is -1.90. The number of allylic oxidation sites excluding steroid dienone is 6. The van der Waals surface area contributed by atoms with E-state index in [9.17, 15) is 0 Å². The van der Waals surface area contributed by atoms with Crippen molar-refractivity contribution in [3.05, 3.63) is 36.5 Å². The molecule has 0 saturated heterocycles. The Bertz CT molecular complexity index is 131. The third-order valence-corrected chi connectivity index (χ3v) is 1.55. The molecule has 1 rings (SSSR count). The lowest BCUT2D eigenvalue weighted by molar-refractivity contribution is 0.998. The van der Waals surface area contributed by atoms with Gasteiger partial charge in [-0.1, -0.05) is 36.5 Å². The van der Waals surface area contributed by atoms with Crippen LogP contribution in [0, 0.1) is 0 Å². The van der Waals surface area contributed by atoms with E-state index in [4.69, 9.17) is 0 Å². The average molecular weight is 134 g/mol. The smallest absolute Gasteiger partial charge is 0.0313 e. The van der Waals surface area contributed by atoms with Gasteiger partial charge in [0, 0.05) is 0 Å². The molecule has 54 valence electrons. The SMILES string of the molecule is C1=CCCC=CCCC=C1. The first-order valence-electron chi connectivity index (χ1n) is 3.97. The van der Waals surface area contributed by atoms with E-state index in [-0.39, 0.29) is 0 Å². The summed E-state index contributed by atoms with van der Waals surface area (Å²) >= 11 is 0. The van der Waals surface area contributed by atoms with E-state index in [0.29, 0.717) is 0 Å². The highest BCUT2D eigenvalue weighted by atomic mass is 13.9. The maximum Gasteiger partial charge on any atom is -0.0313 e. The van der Waals surface area contributed by atoms with Gasteiger partial charge in [-0.25, -0.2) is 0 Å². The van der Waals surface area contributed by atoms with Crippen LogP contribution in [0.1, 0.15) is 25.7 Å². The summed E-state index contributed by atoms with van der Waals surface area (Å²) in [6.07, 6.45) is 18.0.